The van der Waals surface area contributed by atoms with Crippen LogP contribution in [0.4, 0.5) is 11.4 Å². The van der Waals surface area contributed by atoms with Crippen molar-refractivity contribution in [3.8, 4) is 11.5 Å². The SMILES string of the molecule is O=C(Nc1cnn(COc2ccc(Br)cc2)c1)c1ccc(COc2ccc([N+](=O)[O-])cc2Cl)cc1. The van der Waals surface area contributed by atoms with Gasteiger partial charge in [-0.25, -0.2) is 4.68 Å². The highest BCUT2D eigenvalue weighted by atomic mass is 79.9. The summed E-state index contributed by atoms with van der Waals surface area (Å²) in [5.41, 5.74) is 1.69. The Kier molecular flexibility index (Phi) is 7.64. The number of nitrogens with one attached hydrogen (secondary N) is 1. The van der Waals surface area contributed by atoms with Crippen LogP contribution in [0.3, 0.4) is 0 Å². The van der Waals surface area contributed by atoms with Gasteiger partial charge < -0.3 is 14.8 Å². The molecule has 178 valence electrons. The van der Waals surface area contributed by atoms with Gasteiger partial charge in [0.15, 0.2) is 6.73 Å². The standard InChI is InChI=1S/C24H18BrClN4O5/c25-18-5-8-21(9-6-18)35-15-29-13-19(12-27-29)28-24(31)17-3-1-16(2-4-17)14-34-23-10-7-20(30(32)33)11-22(23)26/h1-13H,14-15H2,(H,28,31). The number of hydrogen-bond donors (Lipinski definition) is 1. The van der Waals surface area contributed by atoms with E-state index in [2.05, 4.69) is 26.3 Å². The highest BCUT2D eigenvalue weighted by Gasteiger charge is 2.11. The molecule has 1 amide bonds. The number of halogens is 2. The Morgan fingerprint density at radius 1 is 1.09 bits per heavy atom. The van der Waals surface area contributed by atoms with Crippen molar-refractivity contribution in [1.82, 2.24) is 9.78 Å². The van der Waals surface area contributed by atoms with Crippen LogP contribution in [-0.2, 0) is 13.3 Å². The molecule has 1 N–H and O–H groups in total. The van der Waals surface area contributed by atoms with Crippen LogP contribution < -0.4 is 14.8 Å². The first kappa shape index (κ1) is 24.2. The minimum absolute atomic E-state index is 0.111. The second-order valence-electron chi connectivity index (χ2n) is 7.31. The first-order valence-electron chi connectivity index (χ1n) is 10.3. The van der Waals surface area contributed by atoms with Crippen molar-refractivity contribution in [2.75, 3.05) is 5.32 Å². The minimum Gasteiger partial charge on any atom is -0.487 e. The van der Waals surface area contributed by atoms with Crippen molar-refractivity contribution in [2.45, 2.75) is 13.3 Å². The molecule has 1 aromatic heterocycles. The number of amides is 1. The summed E-state index contributed by atoms with van der Waals surface area (Å²) in [6.45, 7) is 0.384. The van der Waals surface area contributed by atoms with Crippen molar-refractivity contribution in [3.63, 3.8) is 0 Å². The van der Waals surface area contributed by atoms with Gasteiger partial charge in [0, 0.05) is 22.2 Å². The van der Waals surface area contributed by atoms with E-state index in [1.807, 2.05) is 24.3 Å². The van der Waals surface area contributed by atoms with Crippen molar-refractivity contribution < 1.29 is 19.2 Å². The van der Waals surface area contributed by atoms with Crippen molar-refractivity contribution >= 4 is 44.8 Å². The van der Waals surface area contributed by atoms with Crippen molar-refractivity contribution in [1.29, 1.82) is 0 Å². The molecule has 4 aromatic rings. The van der Waals surface area contributed by atoms with Gasteiger partial charge in [0.05, 0.1) is 28.0 Å². The van der Waals surface area contributed by atoms with Gasteiger partial charge in [0.25, 0.3) is 11.6 Å². The average molecular weight is 558 g/mol. The number of nitrogens with zero attached hydrogens (tertiary/aromatic N) is 3. The zero-order valence-corrected chi connectivity index (χ0v) is 20.4. The van der Waals surface area contributed by atoms with Crippen LogP contribution in [0.25, 0.3) is 0 Å². The topological polar surface area (TPSA) is 109 Å². The van der Waals surface area contributed by atoms with E-state index >= 15 is 0 Å². The molecule has 0 aliphatic carbocycles. The Bertz CT molecular complexity index is 1340. The predicted molar refractivity (Wildman–Crippen MR) is 134 cm³/mol. The number of nitro groups is 1. The highest BCUT2D eigenvalue weighted by molar-refractivity contribution is 9.10. The molecule has 0 bridgehead atoms. The van der Waals surface area contributed by atoms with Crippen LogP contribution in [0.2, 0.25) is 5.02 Å². The number of non-ortho nitro benzene ring substituents is 1. The number of carbonyl (C=O) groups excluding carboxylic acids is 1. The van der Waals surface area contributed by atoms with Gasteiger partial charge >= 0.3 is 0 Å². The van der Waals surface area contributed by atoms with E-state index in [1.54, 1.807) is 41.3 Å². The van der Waals surface area contributed by atoms with Crippen molar-refractivity contribution in [3.05, 3.63) is 110 Å². The summed E-state index contributed by atoms with van der Waals surface area (Å²) >= 11 is 9.42. The Labute approximate surface area is 213 Å². The van der Waals surface area contributed by atoms with E-state index in [0.717, 1.165) is 10.0 Å². The van der Waals surface area contributed by atoms with Crippen LogP contribution in [0, 0.1) is 10.1 Å². The maximum absolute atomic E-state index is 12.6. The smallest absolute Gasteiger partial charge is 0.271 e. The zero-order valence-electron chi connectivity index (χ0n) is 18.1. The molecular weight excluding hydrogens is 540 g/mol. The van der Waals surface area contributed by atoms with Gasteiger partial charge in [-0.1, -0.05) is 39.7 Å². The van der Waals surface area contributed by atoms with E-state index in [4.69, 9.17) is 21.1 Å². The van der Waals surface area contributed by atoms with Gasteiger partial charge in [-0.05, 0) is 48.0 Å². The van der Waals surface area contributed by atoms with Crippen molar-refractivity contribution in [2.24, 2.45) is 0 Å². The highest BCUT2D eigenvalue weighted by Crippen LogP contribution is 2.29. The summed E-state index contributed by atoms with van der Waals surface area (Å²) in [6, 6.07) is 18.3. The number of carbonyl (C=O) groups is 1. The normalized spacial score (nSPS) is 10.6. The Morgan fingerprint density at radius 3 is 2.51 bits per heavy atom. The van der Waals surface area contributed by atoms with Crippen LogP contribution in [-0.4, -0.2) is 20.6 Å². The number of hydrogen-bond acceptors (Lipinski definition) is 6. The van der Waals surface area contributed by atoms with Crippen LogP contribution >= 0.6 is 27.5 Å². The summed E-state index contributed by atoms with van der Waals surface area (Å²) in [5.74, 6) is 0.749. The maximum atomic E-state index is 12.6. The van der Waals surface area contributed by atoms with E-state index in [-0.39, 0.29) is 30.0 Å². The molecule has 0 saturated carbocycles. The molecule has 0 saturated heterocycles. The molecule has 3 aromatic carbocycles. The third-order valence-corrected chi connectivity index (χ3v) is 5.63. The van der Waals surface area contributed by atoms with Gasteiger partial charge in [0.1, 0.15) is 18.1 Å². The predicted octanol–water partition coefficient (Wildman–Crippen LogP) is 6.08. The fourth-order valence-corrected chi connectivity index (χ4v) is 3.50. The molecule has 0 unspecified atom stereocenters. The first-order chi connectivity index (χ1) is 16.9. The Balaban J connectivity index is 1.29. The largest absolute Gasteiger partial charge is 0.487 e. The van der Waals surface area contributed by atoms with E-state index < -0.39 is 4.92 Å². The van der Waals surface area contributed by atoms with Gasteiger partial charge in [0.2, 0.25) is 0 Å². The molecule has 0 aliphatic heterocycles. The second-order valence-corrected chi connectivity index (χ2v) is 8.63. The molecule has 0 atom stereocenters. The molecule has 1 heterocycles. The molecule has 9 nitrogen and oxygen atoms in total. The summed E-state index contributed by atoms with van der Waals surface area (Å²) in [6.07, 6.45) is 3.21. The number of rotatable bonds is 9. The van der Waals surface area contributed by atoms with E-state index in [0.29, 0.717) is 22.7 Å². The molecule has 4 rings (SSSR count). The van der Waals surface area contributed by atoms with Crippen LogP contribution in [0.15, 0.2) is 83.6 Å². The van der Waals surface area contributed by atoms with E-state index in [9.17, 15) is 14.9 Å². The van der Waals surface area contributed by atoms with E-state index in [1.165, 1.54) is 18.2 Å². The molecule has 0 spiro atoms. The Hall–Kier alpha value is -3.89. The minimum atomic E-state index is -0.526. The summed E-state index contributed by atoms with van der Waals surface area (Å²) in [7, 11) is 0. The molecule has 35 heavy (non-hydrogen) atoms. The average Bonchev–Trinajstić information content (AvgIpc) is 3.30. The molecule has 11 heteroatoms. The number of anilines is 1. The number of ether oxygens (including phenoxy) is 2. The van der Waals surface area contributed by atoms with Crippen LogP contribution in [0.1, 0.15) is 15.9 Å². The quantitative estimate of drug-likeness (QED) is 0.197. The lowest BCUT2D eigenvalue weighted by atomic mass is 10.1. The van der Waals surface area contributed by atoms with Crippen LogP contribution in [0.5, 0.6) is 11.5 Å². The lowest BCUT2D eigenvalue weighted by Crippen LogP contribution is -2.11. The number of aromatic nitrogens is 2. The molecule has 0 fully saturated rings. The number of benzene rings is 3. The maximum Gasteiger partial charge on any atom is 0.271 e. The fourth-order valence-electron chi connectivity index (χ4n) is 3.01. The molecular formula is C24H18BrClN4O5. The second kappa shape index (κ2) is 11.0. The lowest BCUT2D eigenvalue weighted by Gasteiger charge is -2.09. The summed E-state index contributed by atoms with van der Waals surface area (Å²) < 4.78 is 13.8. The first-order valence-corrected chi connectivity index (χ1v) is 11.4. The molecule has 0 radical (unpaired) electrons. The summed E-state index contributed by atoms with van der Waals surface area (Å²) in [4.78, 5) is 22.8. The monoisotopic (exact) mass is 556 g/mol. The van der Waals surface area contributed by atoms with Gasteiger partial charge in [-0.3, -0.25) is 14.9 Å². The summed E-state index contributed by atoms with van der Waals surface area (Å²) in [5, 5.41) is 17.9. The van der Waals surface area contributed by atoms with Gasteiger partial charge in [-0.15, -0.1) is 0 Å². The lowest BCUT2D eigenvalue weighted by molar-refractivity contribution is -0.384. The number of nitro benzene ring substituents is 1. The Morgan fingerprint density at radius 2 is 1.83 bits per heavy atom. The zero-order chi connectivity index (χ0) is 24.8. The van der Waals surface area contributed by atoms with Gasteiger partial charge in [-0.2, -0.15) is 5.10 Å². The fraction of sp³-hybridized carbons (Fsp3) is 0.0833. The third-order valence-electron chi connectivity index (χ3n) is 4.80. The third kappa shape index (κ3) is 6.58. The molecule has 0 aliphatic rings.